The van der Waals surface area contributed by atoms with Gasteiger partial charge in [0.25, 0.3) is 0 Å². The van der Waals surface area contributed by atoms with Gasteiger partial charge in [-0.2, -0.15) is 0 Å². The fraction of sp³-hybridized carbons (Fsp3) is 0.250. The number of carbonyl (C=O) groups excluding carboxylic acids is 1. The van der Waals surface area contributed by atoms with E-state index in [0.29, 0.717) is 10.8 Å². The first-order valence-electron chi connectivity index (χ1n) is 13.5. The van der Waals surface area contributed by atoms with Gasteiger partial charge >= 0.3 is 5.97 Å². The molecule has 41 heavy (non-hydrogen) atoms. The number of carboxylic acid groups (broad SMARTS) is 1. The minimum atomic E-state index is -0.980. The molecule has 0 radical (unpaired) electrons. The van der Waals surface area contributed by atoms with Crippen LogP contribution in [-0.4, -0.2) is 31.6 Å². The van der Waals surface area contributed by atoms with Gasteiger partial charge in [-0.3, -0.25) is 9.78 Å². The van der Waals surface area contributed by atoms with Gasteiger partial charge in [0.2, 0.25) is 5.91 Å². The Kier molecular flexibility index (Phi) is 7.64. The molecule has 9 heteroatoms. The van der Waals surface area contributed by atoms with Crippen LogP contribution in [0, 0.1) is 26.7 Å². The number of aromatic carboxylic acids is 1. The smallest absolute Gasteiger partial charge is 0.337 e. The molecule has 4 aromatic rings. The number of aromatic nitrogens is 2. The van der Waals surface area contributed by atoms with Crippen LogP contribution in [0.1, 0.15) is 64.5 Å². The Morgan fingerprint density at radius 2 is 1.76 bits per heavy atom. The molecule has 210 valence electrons. The first-order chi connectivity index (χ1) is 19.6. The maximum absolute atomic E-state index is 12.4. The van der Waals surface area contributed by atoms with Crippen LogP contribution in [0.4, 0.5) is 11.4 Å². The lowest BCUT2D eigenvalue weighted by molar-refractivity contribution is -0.118. The summed E-state index contributed by atoms with van der Waals surface area (Å²) in [6.07, 6.45) is 1.77. The number of hydrogen-bond donors (Lipinski definition) is 3. The Hall–Kier alpha value is -4.50. The number of carbonyl (C=O) groups is 2. The van der Waals surface area contributed by atoms with Crippen LogP contribution in [0.15, 0.2) is 72.9 Å². The summed E-state index contributed by atoms with van der Waals surface area (Å²) in [7, 11) is 0. The third-order valence-corrected chi connectivity index (χ3v) is 7.85. The molecule has 3 heterocycles. The molecule has 1 saturated heterocycles. The second-order valence-electron chi connectivity index (χ2n) is 10.6. The lowest BCUT2D eigenvalue weighted by Gasteiger charge is -2.29. The zero-order valence-electron chi connectivity index (χ0n) is 23.7. The first kappa shape index (κ1) is 28.0. The van der Waals surface area contributed by atoms with E-state index in [1.54, 1.807) is 18.3 Å². The molecular weight excluding hydrogens is 534 g/mol. The Morgan fingerprint density at radius 1 is 1.02 bits per heavy atom. The summed E-state index contributed by atoms with van der Waals surface area (Å²) in [5, 5.41) is 16.9. The van der Waals surface area contributed by atoms with Gasteiger partial charge in [-0.05, 0) is 92.6 Å². The van der Waals surface area contributed by atoms with Gasteiger partial charge < -0.3 is 25.2 Å². The number of benzene rings is 2. The van der Waals surface area contributed by atoms with Crippen LogP contribution in [0.3, 0.4) is 0 Å². The average Bonchev–Trinajstić information content (AvgIpc) is 3.44. The predicted octanol–water partition coefficient (Wildman–Crippen LogP) is 6.27. The lowest BCUT2D eigenvalue weighted by Crippen LogP contribution is -2.29. The molecule has 0 bridgehead atoms. The molecule has 5 rings (SSSR count). The standard InChI is InChI=1S/C32H33N5O3S/c1-18(2)30(38)34-25-14-13-22(16-19(25)3)37-29(28(35-32(37)41)26-11-8-9-15-33-26)24-17-20(4)36(21(24)5)27-12-7-6-10-23(27)31(39)40/h6-18,28-29H,1-5H3,(H,34,38)(H,35,41)(H,39,40)/t28-,29+/m0/s1. The molecule has 3 N–H and O–H groups in total. The minimum absolute atomic E-state index is 0.0404. The highest BCUT2D eigenvalue weighted by Crippen LogP contribution is 2.44. The van der Waals surface area contributed by atoms with Crippen molar-refractivity contribution in [3.63, 3.8) is 0 Å². The number of pyridine rings is 1. The second kappa shape index (κ2) is 11.2. The zero-order valence-corrected chi connectivity index (χ0v) is 24.5. The fourth-order valence-electron chi connectivity index (χ4n) is 5.47. The van der Waals surface area contributed by atoms with Crippen LogP contribution in [0.2, 0.25) is 0 Å². The quantitative estimate of drug-likeness (QED) is 0.227. The summed E-state index contributed by atoms with van der Waals surface area (Å²) in [5.74, 6) is -1.15. The van der Waals surface area contributed by atoms with Gasteiger partial charge in [0.15, 0.2) is 5.11 Å². The fourth-order valence-corrected chi connectivity index (χ4v) is 5.82. The predicted molar refractivity (Wildman–Crippen MR) is 165 cm³/mol. The third kappa shape index (κ3) is 5.20. The van der Waals surface area contributed by atoms with Crippen molar-refractivity contribution in [1.29, 1.82) is 0 Å². The molecule has 0 aliphatic carbocycles. The van der Waals surface area contributed by atoms with Crippen molar-refractivity contribution in [2.75, 3.05) is 10.2 Å². The maximum atomic E-state index is 12.4. The summed E-state index contributed by atoms with van der Waals surface area (Å²) in [6.45, 7) is 9.67. The molecule has 2 aromatic carbocycles. The highest BCUT2D eigenvalue weighted by Gasteiger charge is 2.42. The van der Waals surface area contributed by atoms with Gasteiger partial charge in [0.1, 0.15) is 0 Å². The van der Waals surface area contributed by atoms with Gasteiger partial charge in [0.05, 0.1) is 29.0 Å². The lowest BCUT2D eigenvalue weighted by atomic mass is 9.96. The third-order valence-electron chi connectivity index (χ3n) is 7.53. The number of para-hydroxylation sites is 1. The van der Waals surface area contributed by atoms with E-state index in [-0.39, 0.29) is 29.5 Å². The Bertz CT molecular complexity index is 1650. The topological polar surface area (TPSA) is 99.5 Å². The van der Waals surface area contributed by atoms with E-state index in [4.69, 9.17) is 12.2 Å². The van der Waals surface area contributed by atoms with Crippen molar-refractivity contribution >= 4 is 40.6 Å². The number of aryl methyl sites for hydroxylation is 2. The normalized spacial score (nSPS) is 16.6. The molecule has 0 spiro atoms. The average molecular weight is 568 g/mol. The molecule has 0 unspecified atom stereocenters. The van der Waals surface area contributed by atoms with Gasteiger partial charge in [-0.25, -0.2) is 4.79 Å². The summed E-state index contributed by atoms with van der Waals surface area (Å²) >= 11 is 5.92. The largest absolute Gasteiger partial charge is 0.478 e. The van der Waals surface area contributed by atoms with Crippen molar-refractivity contribution in [3.05, 3.63) is 107 Å². The van der Waals surface area contributed by atoms with E-state index in [1.165, 1.54) is 0 Å². The SMILES string of the molecule is Cc1cc(N2C(=S)N[C@@H](c3ccccn3)[C@H]2c2cc(C)n(-c3ccccc3C(=O)O)c2C)ccc1NC(=O)C(C)C. The van der Waals surface area contributed by atoms with Crippen molar-refractivity contribution in [2.45, 2.75) is 46.7 Å². The highest BCUT2D eigenvalue weighted by molar-refractivity contribution is 7.80. The van der Waals surface area contributed by atoms with E-state index >= 15 is 0 Å². The first-order valence-corrected chi connectivity index (χ1v) is 13.9. The van der Waals surface area contributed by atoms with Crippen LogP contribution in [0.25, 0.3) is 5.69 Å². The molecule has 1 aliphatic rings. The minimum Gasteiger partial charge on any atom is -0.478 e. The number of anilines is 2. The van der Waals surface area contributed by atoms with Crippen LogP contribution in [0.5, 0.6) is 0 Å². The molecule has 0 saturated carbocycles. The summed E-state index contributed by atoms with van der Waals surface area (Å²) in [5.41, 5.74) is 7.05. The number of nitrogens with zero attached hydrogens (tertiary/aromatic N) is 3. The molecule has 1 amide bonds. The molecule has 1 aliphatic heterocycles. The Labute approximate surface area is 245 Å². The molecule has 2 atom stereocenters. The molecule has 1 fully saturated rings. The molecular formula is C32H33N5O3S. The summed E-state index contributed by atoms with van der Waals surface area (Å²) < 4.78 is 1.99. The van der Waals surface area contributed by atoms with Crippen LogP contribution in [-0.2, 0) is 4.79 Å². The van der Waals surface area contributed by atoms with Gasteiger partial charge in [0, 0.05) is 34.9 Å². The number of thiocarbonyl (C=S) groups is 1. The summed E-state index contributed by atoms with van der Waals surface area (Å²) in [6, 6.07) is 20.3. The Morgan fingerprint density at radius 3 is 2.41 bits per heavy atom. The number of amides is 1. The number of rotatable bonds is 7. The number of nitrogens with one attached hydrogen (secondary N) is 2. The van der Waals surface area contributed by atoms with Gasteiger partial charge in [-0.1, -0.05) is 32.0 Å². The van der Waals surface area contributed by atoms with E-state index in [2.05, 4.69) is 26.6 Å². The Balaban J connectivity index is 1.65. The van der Waals surface area contributed by atoms with Crippen molar-refractivity contribution < 1.29 is 14.7 Å². The van der Waals surface area contributed by atoms with Crippen molar-refractivity contribution in [1.82, 2.24) is 14.9 Å². The molecule has 2 aromatic heterocycles. The van der Waals surface area contributed by atoms with Crippen LogP contribution >= 0.6 is 12.2 Å². The summed E-state index contributed by atoms with van der Waals surface area (Å²) in [4.78, 5) is 31.2. The molecule has 8 nitrogen and oxygen atoms in total. The monoisotopic (exact) mass is 567 g/mol. The van der Waals surface area contributed by atoms with Crippen molar-refractivity contribution in [3.8, 4) is 5.69 Å². The van der Waals surface area contributed by atoms with E-state index in [9.17, 15) is 14.7 Å². The highest BCUT2D eigenvalue weighted by atomic mass is 32.1. The van der Waals surface area contributed by atoms with E-state index in [0.717, 1.165) is 39.6 Å². The van der Waals surface area contributed by atoms with E-state index in [1.807, 2.05) is 87.7 Å². The number of hydrogen-bond acceptors (Lipinski definition) is 4. The maximum Gasteiger partial charge on any atom is 0.337 e. The van der Waals surface area contributed by atoms with E-state index < -0.39 is 5.97 Å². The van der Waals surface area contributed by atoms with Gasteiger partial charge in [-0.15, -0.1) is 0 Å². The number of carboxylic acids is 1. The van der Waals surface area contributed by atoms with Crippen LogP contribution < -0.4 is 15.5 Å². The second-order valence-corrected chi connectivity index (χ2v) is 11.0. The zero-order chi connectivity index (χ0) is 29.4. The van der Waals surface area contributed by atoms with Crippen molar-refractivity contribution in [2.24, 2.45) is 5.92 Å².